The zero-order valence-electron chi connectivity index (χ0n) is 12.8. The van der Waals surface area contributed by atoms with E-state index in [4.69, 9.17) is 4.98 Å². The fraction of sp³-hybridized carbons (Fsp3) is 0.158. The van der Waals surface area contributed by atoms with Gasteiger partial charge in [0.1, 0.15) is 0 Å². The molecule has 3 heteroatoms. The Hall–Kier alpha value is -2.68. The fourth-order valence-corrected chi connectivity index (χ4v) is 2.79. The van der Waals surface area contributed by atoms with Gasteiger partial charge in [-0.15, -0.1) is 0 Å². The number of aromatic nitrogens is 1. The van der Waals surface area contributed by atoms with Crippen LogP contribution in [0.4, 0.5) is 0 Å². The van der Waals surface area contributed by atoms with Crippen LogP contribution in [0.5, 0.6) is 0 Å². The van der Waals surface area contributed by atoms with Gasteiger partial charge in [0, 0.05) is 10.9 Å². The molecule has 0 fully saturated rings. The van der Waals surface area contributed by atoms with E-state index in [2.05, 4.69) is 0 Å². The molecule has 1 aromatic heterocycles. The number of benzene rings is 2. The van der Waals surface area contributed by atoms with E-state index in [1.54, 1.807) is 0 Å². The van der Waals surface area contributed by atoms with Crippen LogP contribution in [0, 0.1) is 20.8 Å². The van der Waals surface area contributed by atoms with Crippen molar-refractivity contribution >= 4 is 16.9 Å². The van der Waals surface area contributed by atoms with E-state index in [-0.39, 0.29) is 0 Å². The quantitative estimate of drug-likeness (QED) is 0.755. The van der Waals surface area contributed by atoms with Crippen LogP contribution in [0.2, 0.25) is 0 Å². The van der Waals surface area contributed by atoms with Crippen LogP contribution in [0.15, 0.2) is 42.5 Å². The molecule has 0 radical (unpaired) electrons. The van der Waals surface area contributed by atoms with Crippen LogP contribution < -0.4 is 0 Å². The number of hydrogen-bond donors (Lipinski definition) is 1. The second kappa shape index (κ2) is 5.26. The molecule has 0 unspecified atom stereocenters. The predicted molar refractivity (Wildman–Crippen MR) is 88.3 cm³/mol. The lowest BCUT2D eigenvalue weighted by Crippen LogP contribution is -2.05. The number of pyridine rings is 1. The van der Waals surface area contributed by atoms with E-state index in [0.29, 0.717) is 16.5 Å². The highest BCUT2D eigenvalue weighted by atomic mass is 16.4. The molecule has 22 heavy (non-hydrogen) atoms. The van der Waals surface area contributed by atoms with Crippen LogP contribution in [0.3, 0.4) is 0 Å². The van der Waals surface area contributed by atoms with Gasteiger partial charge in [-0.05, 0) is 31.9 Å². The molecule has 3 nitrogen and oxygen atoms in total. The monoisotopic (exact) mass is 291 g/mol. The van der Waals surface area contributed by atoms with Crippen LogP contribution in [-0.2, 0) is 0 Å². The molecule has 110 valence electrons. The maximum absolute atomic E-state index is 11.8. The third-order valence-corrected chi connectivity index (χ3v) is 4.00. The number of aryl methyl sites for hydroxylation is 2. The summed E-state index contributed by atoms with van der Waals surface area (Å²) < 4.78 is 0. The first-order valence-electron chi connectivity index (χ1n) is 7.19. The number of fused-ring (bicyclic) bond motifs is 1. The summed E-state index contributed by atoms with van der Waals surface area (Å²) in [7, 11) is 0. The first kappa shape index (κ1) is 14.3. The minimum absolute atomic E-state index is 0.337. The van der Waals surface area contributed by atoms with Gasteiger partial charge in [-0.1, -0.05) is 48.0 Å². The molecular weight excluding hydrogens is 274 g/mol. The van der Waals surface area contributed by atoms with Gasteiger partial charge in [-0.2, -0.15) is 0 Å². The molecule has 0 aliphatic heterocycles. The van der Waals surface area contributed by atoms with E-state index in [0.717, 1.165) is 27.9 Å². The smallest absolute Gasteiger partial charge is 0.336 e. The lowest BCUT2D eigenvalue weighted by Gasteiger charge is -2.13. The standard InChI is InChI=1S/C19H17NO2/c1-11-7-9-14(10-8-11)18-13(3)16(19(21)22)15-6-4-5-12(2)17(15)20-18/h4-10H,1-3H3,(H,21,22). The fourth-order valence-electron chi connectivity index (χ4n) is 2.79. The van der Waals surface area contributed by atoms with Gasteiger partial charge in [0.05, 0.1) is 16.8 Å². The largest absolute Gasteiger partial charge is 0.478 e. The van der Waals surface area contributed by atoms with E-state index < -0.39 is 5.97 Å². The summed E-state index contributed by atoms with van der Waals surface area (Å²) in [5.41, 5.74) is 5.61. The number of nitrogens with zero attached hydrogens (tertiary/aromatic N) is 1. The zero-order chi connectivity index (χ0) is 15.9. The van der Waals surface area contributed by atoms with E-state index >= 15 is 0 Å². The number of para-hydroxylation sites is 1. The molecule has 1 heterocycles. The van der Waals surface area contributed by atoms with E-state index in [9.17, 15) is 9.90 Å². The van der Waals surface area contributed by atoms with Gasteiger partial charge < -0.3 is 5.11 Å². The van der Waals surface area contributed by atoms with Crippen molar-refractivity contribution in [2.24, 2.45) is 0 Å². The van der Waals surface area contributed by atoms with Gasteiger partial charge in [0.25, 0.3) is 0 Å². The average Bonchev–Trinajstić information content (AvgIpc) is 2.47. The molecule has 0 saturated carbocycles. The normalized spacial score (nSPS) is 10.9. The third kappa shape index (κ3) is 2.25. The topological polar surface area (TPSA) is 50.2 Å². The Kier molecular flexibility index (Phi) is 3.41. The van der Waals surface area contributed by atoms with Gasteiger partial charge in [-0.25, -0.2) is 9.78 Å². The summed E-state index contributed by atoms with van der Waals surface area (Å²) >= 11 is 0. The number of aromatic carboxylic acids is 1. The highest BCUT2D eigenvalue weighted by molar-refractivity contribution is 6.06. The highest BCUT2D eigenvalue weighted by Gasteiger charge is 2.18. The number of carbonyl (C=O) groups is 1. The van der Waals surface area contributed by atoms with Crippen LogP contribution in [0.25, 0.3) is 22.2 Å². The Morgan fingerprint density at radius 2 is 1.68 bits per heavy atom. The van der Waals surface area contributed by atoms with Crippen molar-refractivity contribution in [1.29, 1.82) is 0 Å². The summed E-state index contributed by atoms with van der Waals surface area (Å²) in [5, 5.41) is 10.3. The molecular formula is C19H17NO2. The summed E-state index contributed by atoms with van der Waals surface area (Å²) in [5.74, 6) is -0.913. The summed E-state index contributed by atoms with van der Waals surface area (Å²) in [6, 6.07) is 13.6. The lowest BCUT2D eigenvalue weighted by atomic mass is 9.96. The second-order valence-electron chi connectivity index (χ2n) is 5.60. The Bertz CT molecular complexity index is 880. The summed E-state index contributed by atoms with van der Waals surface area (Å²) in [6.45, 7) is 5.81. The van der Waals surface area contributed by atoms with Crippen LogP contribution in [-0.4, -0.2) is 16.1 Å². The maximum atomic E-state index is 11.8. The second-order valence-corrected chi connectivity index (χ2v) is 5.60. The van der Waals surface area contributed by atoms with E-state index in [1.165, 1.54) is 0 Å². The average molecular weight is 291 g/mol. The van der Waals surface area contributed by atoms with Gasteiger partial charge in [0.15, 0.2) is 0 Å². The molecule has 0 aliphatic rings. The molecule has 0 spiro atoms. The Morgan fingerprint density at radius 3 is 2.32 bits per heavy atom. The minimum atomic E-state index is -0.913. The Labute approximate surface area is 129 Å². The number of rotatable bonds is 2. The minimum Gasteiger partial charge on any atom is -0.478 e. The van der Waals surface area contributed by atoms with Crippen molar-refractivity contribution in [3.63, 3.8) is 0 Å². The Balaban J connectivity index is 2.41. The first-order chi connectivity index (χ1) is 10.5. The summed E-state index contributed by atoms with van der Waals surface area (Å²) in [4.78, 5) is 16.5. The summed E-state index contributed by atoms with van der Waals surface area (Å²) in [6.07, 6.45) is 0. The number of hydrogen-bond acceptors (Lipinski definition) is 2. The number of carboxylic acid groups (broad SMARTS) is 1. The SMILES string of the molecule is Cc1ccc(-c2nc3c(C)cccc3c(C(=O)O)c2C)cc1. The lowest BCUT2D eigenvalue weighted by molar-refractivity contribution is 0.0698. The van der Waals surface area contributed by atoms with Gasteiger partial charge in [-0.3, -0.25) is 0 Å². The first-order valence-corrected chi connectivity index (χ1v) is 7.19. The maximum Gasteiger partial charge on any atom is 0.336 e. The molecule has 1 N–H and O–H groups in total. The molecule has 0 saturated heterocycles. The number of carboxylic acids is 1. The molecule has 0 amide bonds. The van der Waals surface area contributed by atoms with Gasteiger partial charge in [0.2, 0.25) is 0 Å². The van der Waals surface area contributed by atoms with Crippen LogP contribution >= 0.6 is 0 Å². The molecule has 0 aliphatic carbocycles. The van der Waals surface area contributed by atoms with Crippen molar-refractivity contribution in [1.82, 2.24) is 4.98 Å². The van der Waals surface area contributed by atoms with Crippen molar-refractivity contribution < 1.29 is 9.90 Å². The molecule has 0 atom stereocenters. The van der Waals surface area contributed by atoms with Crippen molar-refractivity contribution in [2.75, 3.05) is 0 Å². The van der Waals surface area contributed by atoms with Gasteiger partial charge >= 0.3 is 5.97 Å². The molecule has 3 rings (SSSR count). The Morgan fingerprint density at radius 1 is 1.00 bits per heavy atom. The third-order valence-electron chi connectivity index (χ3n) is 4.00. The molecule has 0 bridgehead atoms. The predicted octanol–water partition coefficient (Wildman–Crippen LogP) is 4.53. The van der Waals surface area contributed by atoms with Crippen molar-refractivity contribution in [3.8, 4) is 11.3 Å². The van der Waals surface area contributed by atoms with Crippen molar-refractivity contribution in [3.05, 3.63) is 64.7 Å². The zero-order valence-corrected chi connectivity index (χ0v) is 12.8. The molecule has 3 aromatic rings. The molecule has 2 aromatic carbocycles. The van der Waals surface area contributed by atoms with E-state index in [1.807, 2.05) is 63.2 Å². The van der Waals surface area contributed by atoms with Crippen LogP contribution in [0.1, 0.15) is 27.0 Å². The highest BCUT2D eigenvalue weighted by Crippen LogP contribution is 2.31. The van der Waals surface area contributed by atoms with Crippen molar-refractivity contribution in [2.45, 2.75) is 20.8 Å².